The molecule has 0 saturated carbocycles. The zero-order valence-corrected chi connectivity index (χ0v) is 15.7. The van der Waals surface area contributed by atoms with Crippen molar-refractivity contribution in [1.82, 2.24) is 9.97 Å². The molecule has 4 aromatic rings. The Morgan fingerprint density at radius 3 is 2.69 bits per heavy atom. The Balaban J connectivity index is 1.45. The van der Waals surface area contributed by atoms with Gasteiger partial charge in [0.05, 0.1) is 29.2 Å². The molecule has 132 valence electrons. The second-order valence-electron chi connectivity index (χ2n) is 5.74. The van der Waals surface area contributed by atoms with Crippen LogP contribution in [0.2, 0.25) is 0 Å². The van der Waals surface area contributed by atoms with E-state index in [0.717, 1.165) is 27.7 Å². The van der Waals surface area contributed by atoms with Gasteiger partial charge in [0, 0.05) is 21.7 Å². The molecule has 0 N–H and O–H groups in total. The smallest absolute Gasteiger partial charge is 0.226 e. The highest BCUT2D eigenvalue weighted by Crippen LogP contribution is 2.26. The number of aryl methyl sites for hydroxylation is 1. The van der Waals surface area contributed by atoms with E-state index in [0.29, 0.717) is 23.2 Å². The number of furan rings is 1. The second kappa shape index (κ2) is 7.39. The first-order valence-electron chi connectivity index (χ1n) is 8.04. The summed E-state index contributed by atoms with van der Waals surface area (Å²) in [5.74, 6) is 2.71. The molecule has 1 atom stereocenters. The van der Waals surface area contributed by atoms with E-state index in [9.17, 15) is 4.21 Å². The van der Waals surface area contributed by atoms with Gasteiger partial charge in [0.15, 0.2) is 10.8 Å². The first-order valence-corrected chi connectivity index (χ1v) is 10.4. The van der Waals surface area contributed by atoms with Crippen LogP contribution in [0, 0.1) is 6.92 Å². The van der Waals surface area contributed by atoms with Crippen LogP contribution in [0.25, 0.3) is 22.2 Å². The van der Waals surface area contributed by atoms with Crippen LogP contribution in [-0.2, 0) is 22.3 Å². The third-order valence-electron chi connectivity index (χ3n) is 3.80. The van der Waals surface area contributed by atoms with Gasteiger partial charge in [0.2, 0.25) is 5.89 Å². The number of hydrogen-bond acceptors (Lipinski definition) is 6. The van der Waals surface area contributed by atoms with Crippen LogP contribution in [0.5, 0.6) is 0 Å². The van der Waals surface area contributed by atoms with Crippen LogP contribution in [0.4, 0.5) is 0 Å². The molecule has 0 radical (unpaired) electrons. The van der Waals surface area contributed by atoms with Crippen molar-refractivity contribution >= 4 is 22.1 Å². The molecular formula is C19H16N2O3S2. The SMILES string of the molecule is Cc1oc(-c2ccccc2)nc1CS(=O)Cc1csc(-c2ccco2)n1. The van der Waals surface area contributed by atoms with E-state index in [1.54, 1.807) is 6.26 Å². The van der Waals surface area contributed by atoms with Crippen molar-refractivity contribution in [3.05, 3.63) is 71.3 Å². The first kappa shape index (κ1) is 16.9. The minimum Gasteiger partial charge on any atom is -0.462 e. The summed E-state index contributed by atoms with van der Waals surface area (Å²) in [6.45, 7) is 1.85. The molecule has 1 unspecified atom stereocenters. The fourth-order valence-corrected chi connectivity index (χ4v) is 4.57. The predicted octanol–water partition coefficient (Wildman–Crippen LogP) is 4.82. The Labute approximate surface area is 157 Å². The molecule has 4 rings (SSSR count). The largest absolute Gasteiger partial charge is 0.462 e. The van der Waals surface area contributed by atoms with Gasteiger partial charge in [-0.1, -0.05) is 18.2 Å². The van der Waals surface area contributed by atoms with Gasteiger partial charge in [-0.15, -0.1) is 11.3 Å². The molecule has 7 heteroatoms. The predicted molar refractivity (Wildman–Crippen MR) is 102 cm³/mol. The van der Waals surface area contributed by atoms with E-state index < -0.39 is 10.8 Å². The van der Waals surface area contributed by atoms with Gasteiger partial charge in [-0.3, -0.25) is 4.21 Å². The van der Waals surface area contributed by atoms with E-state index >= 15 is 0 Å². The van der Waals surface area contributed by atoms with Gasteiger partial charge in [-0.25, -0.2) is 9.97 Å². The van der Waals surface area contributed by atoms with Crippen molar-refractivity contribution in [3.8, 4) is 22.2 Å². The Hall–Kier alpha value is -2.51. The number of thiazole rings is 1. The Morgan fingerprint density at radius 1 is 1.08 bits per heavy atom. The molecule has 0 aliphatic rings. The zero-order chi connectivity index (χ0) is 17.9. The third kappa shape index (κ3) is 3.68. The zero-order valence-electron chi connectivity index (χ0n) is 14.0. The van der Waals surface area contributed by atoms with Gasteiger partial charge in [-0.2, -0.15) is 0 Å². The van der Waals surface area contributed by atoms with Crippen LogP contribution in [-0.4, -0.2) is 14.2 Å². The average molecular weight is 384 g/mol. The topological polar surface area (TPSA) is 69.1 Å². The average Bonchev–Trinajstić information content (AvgIpc) is 3.38. The number of hydrogen-bond donors (Lipinski definition) is 0. The molecule has 5 nitrogen and oxygen atoms in total. The lowest BCUT2D eigenvalue weighted by atomic mass is 10.2. The maximum absolute atomic E-state index is 12.5. The maximum Gasteiger partial charge on any atom is 0.226 e. The highest BCUT2D eigenvalue weighted by molar-refractivity contribution is 7.83. The fourth-order valence-electron chi connectivity index (χ4n) is 2.52. The number of benzene rings is 1. The number of nitrogens with zero attached hydrogens (tertiary/aromatic N) is 2. The minimum absolute atomic E-state index is 0.343. The van der Waals surface area contributed by atoms with E-state index in [1.165, 1.54) is 11.3 Å². The molecule has 26 heavy (non-hydrogen) atoms. The summed E-state index contributed by atoms with van der Waals surface area (Å²) in [6.07, 6.45) is 1.62. The van der Waals surface area contributed by atoms with Gasteiger partial charge in [0.1, 0.15) is 5.76 Å². The fraction of sp³-hybridized carbons (Fsp3) is 0.158. The Morgan fingerprint density at radius 2 is 1.92 bits per heavy atom. The first-order chi connectivity index (χ1) is 12.7. The number of rotatable bonds is 6. The highest BCUT2D eigenvalue weighted by atomic mass is 32.2. The van der Waals surface area contributed by atoms with Crippen molar-refractivity contribution in [1.29, 1.82) is 0 Å². The summed E-state index contributed by atoms with van der Waals surface area (Å²) in [6, 6.07) is 13.4. The van der Waals surface area contributed by atoms with Crippen molar-refractivity contribution in [2.75, 3.05) is 0 Å². The van der Waals surface area contributed by atoms with Crippen LogP contribution < -0.4 is 0 Å². The maximum atomic E-state index is 12.5. The quantitative estimate of drug-likeness (QED) is 0.477. The molecule has 0 fully saturated rings. The standard InChI is InChI=1S/C19H16N2O3S2/c1-13-16(21-18(24-13)14-6-3-2-4-7-14)12-26(22)11-15-10-25-19(20-15)17-8-5-9-23-17/h2-10H,11-12H2,1H3. The molecule has 0 aliphatic heterocycles. The Bertz CT molecular complexity index is 1020. The summed E-state index contributed by atoms with van der Waals surface area (Å²) in [7, 11) is -1.12. The van der Waals surface area contributed by atoms with Gasteiger partial charge < -0.3 is 8.83 Å². The minimum atomic E-state index is -1.12. The van der Waals surface area contributed by atoms with E-state index in [-0.39, 0.29) is 0 Å². The Kier molecular flexibility index (Phi) is 4.81. The molecule has 0 amide bonds. The van der Waals surface area contributed by atoms with E-state index in [2.05, 4.69) is 9.97 Å². The summed E-state index contributed by atoms with van der Waals surface area (Å²) < 4.78 is 23.6. The molecule has 0 aliphatic carbocycles. The highest BCUT2D eigenvalue weighted by Gasteiger charge is 2.15. The lowest BCUT2D eigenvalue weighted by Crippen LogP contribution is -2.01. The molecule has 0 bridgehead atoms. The van der Waals surface area contributed by atoms with Crippen molar-refractivity contribution in [3.63, 3.8) is 0 Å². The number of aromatic nitrogens is 2. The van der Waals surface area contributed by atoms with E-state index in [4.69, 9.17) is 8.83 Å². The summed E-state index contributed by atoms with van der Waals surface area (Å²) in [4.78, 5) is 9.01. The van der Waals surface area contributed by atoms with Crippen LogP contribution in [0.1, 0.15) is 17.1 Å². The summed E-state index contributed by atoms with van der Waals surface area (Å²) >= 11 is 1.49. The molecule has 3 aromatic heterocycles. The van der Waals surface area contributed by atoms with Crippen molar-refractivity contribution in [2.24, 2.45) is 0 Å². The van der Waals surface area contributed by atoms with Crippen LogP contribution in [0.15, 0.2) is 62.9 Å². The molecule has 1 aromatic carbocycles. The lowest BCUT2D eigenvalue weighted by molar-refractivity contribution is 0.540. The summed E-state index contributed by atoms with van der Waals surface area (Å²) in [5, 5.41) is 2.71. The van der Waals surface area contributed by atoms with E-state index in [1.807, 2.05) is 54.8 Å². The molecule has 0 spiro atoms. The van der Waals surface area contributed by atoms with Gasteiger partial charge in [0.25, 0.3) is 0 Å². The third-order valence-corrected chi connectivity index (χ3v) is 5.92. The normalized spacial score (nSPS) is 12.3. The second-order valence-corrected chi connectivity index (χ2v) is 8.05. The summed E-state index contributed by atoms with van der Waals surface area (Å²) in [5.41, 5.74) is 2.43. The van der Waals surface area contributed by atoms with Crippen molar-refractivity contribution in [2.45, 2.75) is 18.4 Å². The van der Waals surface area contributed by atoms with Crippen LogP contribution >= 0.6 is 11.3 Å². The van der Waals surface area contributed by atoms with Crippen LogP contribution in [0.3, 0.4) is 0 Å². The molecule has 3 heterocycles. The van der Waals surface area contributed by atoms with Gasteiger partial charge >= 0.3 is 0 Å². The number of oxazole rings is 1. The lowest BCUT2D eigenvalue weighted by Gasteiger charge is -1.98. The monoisotopic (exact) mass is 384 g/mol. The van der Waals surface area contributed by atoms with Crippen molar-refractivity contribution < 1.29 is 13.0 Å². The molecular weight excluding hydrogens is 368 g/mol. The molecule has 0 saturated heterocycles. The van der Waals surface area contributed by atoms with Gasteiger partial charge in [-0.05, 0) is 31.2 Å².